The third-order valence-corrected chi connectivity index (χ3v) is 5.38. The third kappa shape index (κ3) is 3.46. The van der Waals surface area contributed by atoms with Crippen molar-refractivity contribution in [2.45, 2.75) is 25.2 Å². The molecule has 3 N–H and O–H groups in total. The zero-order valence-electron chi connectivity index (χ0n) is 11.0. The molecule has 1 heterocycles. The van der Waals surface area contributed by atoms with Gasteiger partial charge in [-0.25, -0.2) is 12.7 Å². The summed E-state index contributed by atoms with van der Waals surface area (Å²) in [6, 6.07) is 6.92. The van der Waals surface area contributed by atoms with Crippen LogP contribution in [0.3, 0.4) is 0 Å². The highest BCUT2D eigenvalue weighted by Gasteiger charge is 2.33. The number of sulfonamides is 1. The second-order valence-electron chi connectivity index (χ2n) is 5.15. The highest BCUT2D eigenvalue weighted by molar-refractivity contribution is 7.88. The molecular weight excluding hydrogens is 264 g/mol. The van der Waals surface area contributed by atoms with Crippen molar-refractivity contribution in [1.29, 1.82) is 0 Å². The molecule has 0 aliphatic carbocycles. The SMILES string of the molecule is CC(O)C1CCN(S(=O)(=O)Cc2cccc(N)c2)C1. The number of aliphatic hydroxyl groups excluding tert-OH is 1. The van der Waals surface area contributed by atoms with Crippen LogP contribution in [-0.4, -0.2) is 37.0 Å². The lowest BCUT2D eigenvalue weighted by Crippen LogP contribution is -2.31. The van der Waals surface area contributed by atoms with Crippen LogP contribution in [0.2, 0.25) is 0 Å². The summed E-state index contributed by atoms with van der Waals surface area (Å²) in [6.45, 7) is 2.60. The van der Waals surface area contributed by atoms with E-state index in [1.807, 2.05) is 0 Å². The van der Waals surface area contributed by atoms with Crippen LogP contribution in [0.4, 0.5) is 5.69 Å². The molecule has 1 aromatic rings. The second-order valence-corrected chi connectivity index (χ2v) is 7.12. The maximum atomic E-state index is 12.3. The molecule has 1 aromatic carbocycles. The van der Waals surface area contributed by atoms with Crippen LogP contribution in [-0.2, 0) is 15.8 Å². The van der Waals surface area contributed by atoms with E-state index in [9.17, 15) is 13.5 Å². The molecule has 2 unspecified atom stereocenters. The molecule has 0 spiro atoms. The second kappa shape index (κ2) is 5.48. The largest absolute Gasteiger partial charge is 0.399 e. The van der Waals surface area contributed by atoms with Gasteiger partial charge in [0, 0.05) is 18.8 Å². The average molecular weight is 284 g/mol. The normalized spacial score (nSPS) is 22.5. The Morgan fingerprint density at radius 1 is 1.53 bits per heavy atom. The number of nitrogens with zero attached hydrogens (tertiary/aromatic N) is 1. The van der Waals surface area contributed by atoms with Gasteiger partial charge in [-0.1, -0.05) is 12.1 Å². The predicted molar refractivity (Wildman–Crippen MR) is 74.8 cm³/mol. The summed E-state index contributed by atoms with van der Waals surface area (Å²) in [5.41, 5.74) is 6.91. The Morgan fingerprint density at radius 3 is 2.84 bits per heavy atom. The van der Waals surface area contributed by atoms with E-state index in [0.717, 1.165) is 0 Å². The van der Waals surface area contributed by atoms with E-state index in [4.69, 9.17) is 5.73 Å². The van der Waals surface area contributed by atoms with Crippen molar-refractivity contribution in [3.05, 3.63) is 29.8 Å². The lowest BCUT2D eigenvalue weighted by molar-refractivity contribution is 0.133. The van der Waals surface area contributed by atoms with Crippen LogP contribution < -0.4 is 5.73 Å². The molecule has 0 aromatic heterocycles. The third-order valence-electron chi connectivity index (χ3n) is 3.56. The number of nitrogens with two attached hydrogens (primary N) is 1. The molecule has 0 amide bonds. The molecule has 106 valence electrons. The quantitative estimate of drug-likeness (QED) is 0.801. The summed E-state index contributed by atoms with van der Waals surface area (Å²) in [4.78, 5) is 0. The minimum atomic E-state index is -3.33. The van der Waals surface area contributed by atoms with Crippen LogP contribution in [0.15, 0.2) is 24.3 Å². The Labute approximate surface area is 114 Å². The highest BCUT2D eigenvalue weighted by Crippen LogP contribution is 2.24. The van der Waals surface area contributed by atoms with Crippen molar-refractivity contribution < 1.29 is 13.5 Å². The van der Waals surface area contributed by atoms with E-state index < -0.39 is 16.1 Å². The standard InChI is InChI=1S/C13H20N2O3S/c1-10(16)12-5-6-15(8-12)19(17,18)9-11-3-2-4-13(14)7-11/h2-4,7,10,12,16H,5-6,8-9,14H2,1H3. The Morgan fingerprint density at radius 2 is 2.26 bits per heavy atom. The van der Waals surface area contributed by atoms with Crippen LogP contribution >= 0.6 is 0 Å². The van der Waals surface area contributed by atoms with E-state index in [0.29, 0.717) is 30.8 Å². The predicted octanol–water partition coefficient (Wildman–Crippen LogP) is 0.801. The zero-order valence-corrected chi connectivity index (χ0v) is 11.8. The number of aliphatic hydroxyl groups is 1. The van der Waals surface area contributed by atoms with Gasteiger partial charge in [-0.2, -0.15) is 0 Å². The minimum Gasteiger partial charge on any atom is -0.399 e. The Hall–Kier alpha value is -1.11. The van der Waals surface area contributed by atoms with E-state index in [-0.39, 0.29) is 11.7 Å². The van der Waals surface area contributed by atoms with Crippen LogP contribution in [0.1, 0.15) is 18.9 Å². The minimum absolute atomic E-state index is 0.0371. The summed E-state index contributed by atoms with van der Waals surface area (Å²) in [5, 5.41) is 9.52. The van der Waals surface area contributed by atoms with Gasteiger partial charge < -0.3 is 10.8 Å². The number of rotatable bonds is 4. The molecule has 1 fully saturated rings. The Balaban J connectivity index is 2.07. The smallest absolute Gasteiger partial charge is 0.218 e. The van der Waals surface area contributed by atoms with Gasteiger partial charge in [0.1, 0.15) is 0 Å². The first kappa shape index (κ1) is 14.3. The Kier molecular flexibility index (Phi) is 4.13. The molecule has 2 atom stereocenters. The molecule has 19 heavy (non-hydrogen) atoms. The van der Waals surface area contributed by atoms with Crippen molar-refractivity contribution in [1.82, 2.24) is 4.31 Å². The zero-order chi connectivity index (χ0) is 14.0. The fourth-order valence-electron chi connectivity index (χ4n) is 2.39. The fraction of sp³-hybridized carbons (Fsp3) is 0.538. The molecule has 1 aliphatic heterocycles. The van der Waals surface area contributed by atoms with Crippen molar-refractivity contribution in [2.24, 2.45) is 5.92 Å². The van der Waals surface area contributed by atoms with Gasteiger partial charge in [0.15, 0.2) is 0 Å². The van der Waals surface area contributed by atoms with Crippen LogP contribution in [0.5, 0.6) is 0 Å². The first-order chi connectivity index (χ1) is 8.88. The fourth-order valence-corrected chi connectivity index (χ4v) is 3.97. The lowest BCUT2D eigenvalue weighted by atomic mass is 10.0. The molecule has 5 nitrogen and oxygen atoms in total. The maximum Gasteiger partial charge on any atom is 0.218 e. The maximum absolute atomic E-state index is 12.3. The highest BCUT2D eigenvalue weighted by atomic mass is 32.2. The van der Waals surface area contributed by atoms with Gasteiger partial charge in [0.05, 0.1) is 11.9 Å². The van der Waals surface area contributed by atoms with Crippen molar-refractivity contribution in [3.8, 4) is 0 Å². The van der Waals surface area contributed by atoms with Gasteiger partial charge in [-0.05, 0) is 37.0 Å². The van der Waals surface area contributed by atoms with Gasteiger partial charge in [0.2, 0.25) is 10.0 Å². The number of hydrogen-bond donors (Lipinski definition) is 2. The lowest BCUT2D eigenvalue weighted by Gasteiger charge is -2.17. The molecule has 1 saturated heterocycles. The summed E-state index contributed by atoms with van der Waals surface area (Å²) in [7, 11) is -3.33. The summed E-state index contributed by atoms with van der Waals surface area (Å²) in [5.74, 6) is 0.000476. The van der Waals surface area contributed by atoms with Crippen LogP contribution in [0.25, 0.3) is 0 Å². The van der Waals surface area contributed by atoms with E-state index in [2.05, 4.69) is 0 Å². The Bertz CT molecular complexity index is 543. The molecular formula is C13H20N2O3S. The molecule has 6 heteroatoms. The molecule has 2 rings (SSSR count). The van der Waals surface area contributed by atoms with Crippen molar-refractivity contribution in [3.63, 3.8) is 0 Å². The molecule has 0 bridgehead atoms. The first-order valence-corrected chi connectivity index (χ1v) is 8.00. The van der Waals surface area contributed by atoms with Gasteiger partial charge in [0.25, 0.3) is 0 Å². The summed E-state index contributed by atoms with van der Waals surface area (Å²) >= 11 is 0. The first-order valence-electron chi connectivity index (χ1n) is 6.39. The number of hydrogen-bond acceptors (Lipinski definition) is 4. The topological polar surface area (TPSA) is 83.6 Å². The van der Waals surface area contributed by atoms with Gasteiger partial charge in [-0.3, -0.25) is 0 Å². The number of nitrogen functional groups attached to an aromatic ring is 1. The van der Waals surface area contributed by atoms with Crippen molar-refractivity contribution >= 4 is 15.7 Å². The van der Waals surface area contributed by atoms with Gasteiger partial charge >= 0.3 is 0 Å². The van der Waals surface area contributed by atoms with E-state index in [1.165, 1.54) is 4.31 Å². The summed E-state index contributed by atoms with van der Waals surface area (Å²) < 4.78 is 26.0. The van der Waals surface area contributed by atoms with E-state index in [1.54, 1.807) is 31.2 Å². The molecule has 0 radical (unpaired) electrons. The van der Waals surface area contributed by atoms with E-state index >= 15 is 0 Å². The van der Waals surface area contributed by atoms with Crippen molar-refractivity contribution in [2.75, 3.05) is 18.8 Å². The monoisotopic (exact) mass is 284 g/mol. The number of anilines is 1. The summed E-state index contributed by atoms with van der Waals surface area (Å²) in [6.07, 6.45) is 0.251. The van der Waals surface area contributed by atoms with Gasteiger partial charge in [-0.15, -0.1) is 0 Å². The molecule has 0 saturated carbocycles. The average Bonchev–Trinajstić information content (AvgIpc) is 2.78. The van der Waals surface area contributed by atoms with Crippen LogP contribution in [0, 0.1) is 5.92 Å². The molecule has 1 aliphatic rings. The number of benzene rings is 1.